The first-order chi connectivity index (χ1) is 13.9. The summed E-state index contributed by atoms with van der Waals surface area (Å²) < 4.78 is 29.3. The number of alkyl halides is 2. The fourth-order valence-corrected chi connectivity index (χ4v) is 4.77. The first-order valence-corrected chi connectivity index (χ1v) is 9.75. The second-order valence-electron chi connectivity index (χ2n) is 8.07. The van der Waals surface area contributed by atoms with Crippen molar-refractivity contribution in [2.75, 3.05) is 20.1 Å². The number of fused-ring (bicyclic) bond motifs is 3. The number of ketones is 1. The third kappa shape index (κ3) is 3.00. The van der Waals surface area contributed by atoms with Crippen molar-refractivity contribution in [1.29, 1.82) is 0 Å². The fraction of sp³-hybridized carbons (Fsp3) is 0.364. The van der Waals surface area contributed by atoms with Crippen LogP contribution in [0.25, 0.3) is 22.2 Å². The predicted octanol–water partition coefficient (Wildman–Crippen LogP) is 4.38. The molecule has 1 saturated heterocycles. The van der Waals surface area contributed by atoms with Crippen molar-refractivity contribution in [3.05, 3.63) is 47.7 Å². The number of H-pyrrole nitrogens is 1. The number of hydrogen-bond donors (Lipinski definition) is 1. The normalized spacial score (nSPS) is 18.7. The summed E-state index contributed by atoms with van der Waals surface area (Å²) in [6.07, 6.45) is 4.37. The molecule has 5 nitrogen and oxygen atoms in total. The Balaban J connectivity index is 1.56. The first-order valence-electron chi connectivity index (χ1n) is 9.75. The predicted molar refractivity (Wildman–Crippen MR) is 106 cm³/mol. The lowest BCUT2D eigenvalue weighted by Gasteiger charge is -2.38. The average Bonchev–Trinajstić information content (AvgIpc) is 3.23. The van der Waals surface area contributed by atoms with Crippen LogP contribution in [0.4, 0.5) is 8.78 Å². The molecule has 1 fully saturated rings. The zero-order valence-corrected chi connectivity index (χ0v) is 16.0. The Morgan fingerprint density at radius 2 is 1.97 bits per heavy atom. The van der Waals surface area contributed by atoms with Gasteiger partial charge in [0.1, 0.15) is 5.65 Å². The van der Waals surface area contributed by atoms with Crippen LogP contribution in [0, 0.1) is 0 Å². The number of rotatable bonds is 3. The number of pyridine rings is 1. The third-order valence-corrected chi connectivity index (χ3v) is 6.37. The molecular weight excluding hydrogens is 376 g/mol. The van der Waals surface area contributed by atoms with E-state index in [1.165, 1.54) is 6.07 Å². The van der Waals surface area contributed by atoms with Gasteiger partial charge in [0.25, 0.3) is 0 Å². The molecule has 2 aromatic heterocycles. The molecule has 1 spiro atoms. The zero-order valence-electron chi connectivity index (χ0n) is 16.0. The second-order valence-corrected chi connectivity index (χ2v) is 8.07. The summed E-state index contributed by atoms with van der Waals surface area (Å²) in [4.78, 5) is 22.1. The van der Waals surface area contributed by atoms with E-state index < -0.39 is 6.61 Å². The van der Waals surface area contributed by atoms with E-state index >= 15 is 0 Å². The first kappa shape index (κ1) is 18.2. The number of likely N-dealkylation sites (tertiary alicyclic amines) is 1. The lowest BCUT2D eigenvalue weighted by molar-refractivity contribution is -0.0526. The molecule has 0 radical (unpaired) electrons. The Kier molecular flexibility index (Phi) is 4.17. The standard InChI is InChI=1S/C22H21F2N3O2/c1-27-8-6-22(7-9-27)11-18(28)15-3-2-13(10-17(15)22)16-12-25-20-14(16)4-5-19(26-20)29-21(23)24/h2-5,10,12,21H,6-9,11H2,1H3,(H,25,26). The van der Waals surface area contributed by atoms with Gasteiger partial charge in [-0.2, -0.15) is 13.8 Å². The number of carbonyl (C=O) groups excluding carboxylic acids is 1. The Morgan fingerprint density at radius 3 is 2.72 bits per heavy atom. The molecule has 1 aliphatic carbocycles. The quantitative estimate of drug-likeness (QED) is 0.713. The molecule has 1 N–H and O–H groups in total. The van der Waals surface area contributed by atoms with Gasteiger partial charge in [-0.05, 0) is 56.2 Å². The van der Waals surface area contributed by atoms with E-state index in [0.29, 0.717) is 12.1 Å². The van der Waals surface area contributed by atoms with Crippen LogP contribution in [-0.2, 0) is 5.41 Å². The van der Waals surface area contributed by atoms with E-state index in [4.69, 9.17) is 0 Å². The SMILES string of the molecule is CN1CCC2(CC1)CC(=O)c1ccc(-c3c[nH]c4nc(OC(F)F)ccc34)cc12. The van der Waals surface area contributed by atoms with Crippen LogP contribution >= 0.6 is 0 Å². The number of aromatic amines is 1. The van der Waals surface area contributed by atoms with Gasteiger partial charge in [-0.15, -0.1) is 0 Å². The molecule has 3 aromatic rings. The Morgan fingerprint density at radius 1 is 1.17 bits per heavy atom. The summed E-state index contributed by atoms with van der Waals surface area (Å²) >= 11 is 0. The van der Waals surface area contributed by atoms with E-state index in [2.05, 4.69) is 32.7 Å². The second kappa shape index (κ2) is 6.62. The maximum absolute atomic E-state index is 12.7. The minimum absolute atomic E-state index is 0.0719. The molecule has 1 aromatic carbocycles. The van der Waals surface area contributed by atoms with E-state index in [0.717, 1.165) is 53.6 Å². The maximum atomic E-state index is 12.7. The van der Waals surface area contributed by atoms with Crippen molar-refractivity contribution in [3.8, 4) is 17.0 Å². The van der Waals surface area contributed by atoms with E-state index in [9.17, 15) is 13.6 Å². The summed E-state index contributed by atoms with van der Waals surface area (Å²) in [5.74, 6) is 0.108. The summed E-state index contributed by atoms with van der Waals surface area (Å²) in [5, 5.41) is 0.827. The smallest absolute Gasteiger partial charge is 0.388 e. The highest BCUT2D eigenvalue weighted by Crippen LogP contribution is 2.47. The molecule has 0 amide bonds. The number of Topliss-reactive ketones (excluding diaryl/α,β-unsaturated/α-hetero) is 1. The Hall–Kier alpha value is -2.80. The van der Waals surface area contributed by atoms with Crippen molar-refractivity contribution in [1.82, 2.24) is 14.9 Å². The highest BCUT2D eigenvalue weighted by Gasteiger charge is 2.44. The summed E-state index contributed by atoms with van der Waals surface area (Å²) in [6, 6.07) is 9.20. The lowest BCUT2D eigenvalue weighted by atomic mass is 9.73. The van der Waals surface area contributed by atoms with E-state index in [-0.39, 0.29) is 17.1 Å². The number of ether oxygens (including phenoxy) is 1. The van der Waals surface area contributed by atoms with Crippen molar-refractivity contribution >= 4 is 16.8 Å². The monoisotopic (exact) mass is 397 g/mol. The number of aromatic nitrogens is 2. The van der Waals surface area contributed by atoms with Crippen molar-refractivity contribution in [2.24, 2.45) is 0 Å². The summed E-state index contributed by atoms with van der Waals surface area (Å²) in [5.41, 5.74) is 4.33. The summed E-state index contributed by atoms with van der Waals surface area (Å²) in [6.45, 7) is -0.934. The molecule has 0 unspecified atom stereocenters. The molecular formula is C22H21F2N3O2. The maximum Gasteiger partial charge on any atom is 0.388 e. The molecule has 7 heteroatoms. The van der Waals surface area contributed by atoms with Gasteiger partial charge in [0.2, 0.25) is 5.88 Å². The molecule has 150 valence electrons. The van der Waals surface area contributed by atoms with Gasteiger partial charge < -0.3 is 14.6 Å². The van der Waals surface area contributed by atoms with Crippen LogP contribution < -0.4 is 4.74 Å². The van der Waals surface area contributed by atoms with Gasteiger partial charge in [-0.3, -0.25) is 4.79 Å². The number of nitrogens with one attached hydrogen (secondary N) is 1. The van der Waals surface area contributed by atoms with Gasteiger partial charge >= 0.3 is 6.61 Å². The average molecular weight is 397 g/mol. The van der Waals surface area contributed by atoms with Crippen molar-refractivity contribution in [3.63, 3.8) is 0 Å². The van der Waals surface area contributed by atoms with Crippen LogP contribution in [0.1, 0.15) is 35.2 Å². The van der Waals surface area contributed by atoms with Gasteiger partial charge in [-0.1, -0.05) is 12.1 Å². The van der Waals surface area contributed by atoms with Crippen LogP contribution in [0.15, 0.2) is 36.5 Å². The molecule has 2 aliphatic rings. The van der Waals surface area contributed by atoms with Gasteiger partial charge in [0.15, 0.2) is 5.78 Å². The number of carbonyl (C=O) groups is 1. The molecule has 5 rings (SSSR count). The fourth-order valence-electron chi connectivity index (χ4n) is 4.77. The van der Waals surface area contributed by atoms with Crippen LogP contribution in [0.2, 0.25) is 0 Å². The molecule has 1 aliphatic heterocycles. The topological polar surface area (TPSA) is 58.2 Å². The summed E-state index contributed by atoms with van der Waals surface area (Å²) in [7, 11) is 2.12. The molecule has 0 bridgehead atoms. The minimum atomic E-state index is -2.91. The van der Waals surface area contributed by atoms with E-state index in [1.807, 2.05) is 18.3 Å². The largest absolute Gasteiger partial charge is 0.417 e. The molecule has 3 heterocycles. The molecule has 0 saturated carbocycles. The molecule has 29 heavy (non-hydrogen) atoms. The number of nitrogens with zero attached hydrogens (tertiary/aromatic N) is 2. The van der Waals surface area contributed by atoms with Gasteiger partial charge in [0.05, 0.1) is 0 Å². The van der Waals surface area contributed by atoms with Crippen LogP contribution in [-0.4, -0.2) is 47.4 Å². The minimum Gasteiger partial charge on any atom is -0.417 e. The van der Waals surface area contributed by atoms with Crippen LogP contribution in [0.5, 0.6) is 5.88 Å². The number of piperidine rings is 1. The van der Waals surface area contributed by atoms with Crippen molar-refractivity contribution in [2.45, 2.75) is 31.3 Å². The number of hydrogen-bond acceptors (Lipinski definition) is 4. The van der Waals surface area contributed by atoms with Gasteiger partial charge in [0, 0.05) is 40.6 Å². The zero-order chi connectivity index (χ0) is 20.2. The van der Waals surface area contributed by atoms with Crippen LogP contribution in [0.3, 0.4) is 0 Å². The lowest BCUT2D eigenvalue weighted by Crippen LogP contribution is -2.39. The highest BCUT2D eigenvalue weighted by molar-refractivity contribution is 6.03. The Labute approximate surface area is 166 Å². The number of benzene rings is 1. The van der Waals surface area contributed by atoms with Crippen molar-refractivity contribution < 1.29 is 18.3 Å². The Bertz CT molecular complexity index is 1100. The molecule has 0 atom stereocenters. The number of halogens is 2. The highest BCUT2D eigenvalue weighted by atomic mass is 19.3. The van der Waals surface area contributed by atoms with Gasteiger partial charge in [-0.25, -0.2) is 0 Å². The third-order valence-electron chi connectivity index (χ3n) is 6.37. The van der Waals surface area contributed by atoms with E-state index in [1.54, 1.807) is 6.07 Å².